The van der Waals surface area contributed by atoms with Gasteiger partial charge in [-0.15, -0.1) is 0 Å². The summed E-state index contributed by atoms with van der Waals surface area (Å²) in [5, 5.41) is 3.78. The summed E-state index contributed by atoms with van der Waals surface area (Å²) >= 11 is 0. The molecule has 0 radical (unpaired) electrons. The molecule has 4 rings (SSSR count). The minimum absolute atomic E-state index is 0.188. The van der Waals surface area contributed by atoms with Gasteiger partial charge in [0, 0.05) is 29.9 Å². The number of fused-ring (bicyclic) bond motifs is 1. The van der Waals surface area contributed by atoms with Crippen molar-refractivity contribution in [1.82, 2.24) is 0 Å². The van der Waals surface area contributed by atoms with Gasteiger partial charge in [-0.2, -0.15) is 0 Å². The number of nitrogens with one attached hydrogen (secondary N) is 1. The van der Waals surface area contributed by atoms with Crippen LogP contribution in [0.25, 0.3) is 11.0 Å². The highest BCUT2D eigenvalue weighted by atomic mass is 16.5. The predicted molar refractivity (Wildman–Crippen MR) is 110 cm³/mol. The topological polar surface area (TPSA) is 63.9 Å². The van der Waals surface area contributed by atoms with Gasteiger partial charge in [0.15, 0.2) is 0 Å². The van der Waals surface area contributed by atoms with Crippen molar-refractivity contribution in [2.24, 2.45) is 0 Å². The number of nitrogens with zero attached hydrogens (tertiary/aromatic N) is 1. The van der Waals surface area contributed by atoms with Gasteiger partial charge in [-0.3, -0.25) is 4.79 Å². The van der Waals surface area contributed by atoms with Crippen LogP contribution in [0, 0.1) is 13.8 Å². The van der Waals surface area contributed by atoms with Crippen LogP contribution in [0.1, 0.15) is 21.7 Å². The van der Waals surface area contributed by atoms with Crippen molar-refractivity contribution in [2.75, 3.05) is 43.6 Å². The van der Waals surface area contributed by atoms with Crippen LogP contribution < -0.4 is 15.0 Å². The number of methoxy groups -OCH3 is 1. The molecule has 0 atom stereocenters. The fraction of sp³-hybridized carbons (Fsp3) is 0.318. The average molecular weight is 380 g/mol. The Morgan fingerprint density at radius 2 is 1.89 bits per heavy atom. The second-order valence-corrected chi connectivity index (χ2v) is 6.95. The molecule has 1 fully saturated rings. The third-order valence-corrected chi connectivity index (χ3v) is 5.13. The quantitative estimate of drug-likeness (QED) is 0.737. The second kappa shape index (κ2) is 7.56. The number of carbonyl (C=O) groups excluding carboxylic acids is 1. The van der Waals surface area contributed by atoms with E-state index in [1.165, 1.54) is 0 Å². The summed E-state index contributed by atoms with van der Waals surface area (Å²) in [6.45, 7) is 7.06. The Kier molecular flexibility index (Phi) is 4.96. The molecule has 3 aromatic rings. The molecular formula is C22H24N2O4. The number of furan rings is 1. The number of anilines is 2. The van der Waals surface area contributed by atoms with Crippen LogP contribution >= 0.6 is 0 Å². The lowest BCUT2D eigenvalue weighted by atomic mass is 10.1. The summed E-state index contributed by atoms with van der Waals surface area (Å²) < 4.78 is 16.5. The van der Waals surface area contributed by atoms with Gasteiger partial charge in [0.2, 0.25) is 0 Å². The number of ether oxygens (including phenoxy) is 2. The van der Waals surface area contributed by atoms with E-state index in [-0.39, 0.29) is 5.91 Å². The molecule has 0 aliphatic carbocycles. The van der Waals surface area contributed by atoms with Crippen LogP contribution in [-0.4, -0.2) is 39.3 Å². The van der Waals surface area contributed by atoms with Gasteiger partial charge in [0.25, 0.3) is 5.91 Å². The Morgan fingerprint density at radius 1 is 1.11 bits per heavy atom. The number of amides is 1. The zero-order valence-electron chi connectivity index (χ0n) is 16.4. The molecular weight excluding hydrogens is 356 g/mol. The van der Waals surface area contributed by atoms with E-state index >= 15 is 0 Å². The van der Waals surface area contributed by atoms with Crippen molar-refractivity contribution in [3.05, 3.63) is 53.3 Å². The minimum Gasteiger partial charge on any atom is -0.497 e. The predicted octanol–water partition coefficient (Wildman–Crippen LogP) is 4.15. The highest BCUT2D eigenvalue weighted by molar-refractivity contribution is 6.13. The third kappa shape index (κ3) is 3.43. The van der Waals surface area contributed by atoms with Crippen LogP contribution in [0.15, 0.2) is 40.8 Å². The standard InChI is InChI=1S/C22H24N2O4/c1-14-12-16(24-8-10-27-11-9-24)4-6-19(14)23-22(25)21-15(2)28-20-7-5-17(26-3)13-18(20)21/h4-7,12-13H,8-11H2,1-3H3,(H,23,25). The molecule has 0 unspecified atom stereocenters. The van der Waals surface area contributed by atoms with Gasteiger partial charge >= 0.3 is 0 Å². The minimum atomic E-state index is -0.188. The zero-order valence-corrected chi connectivity index (χ0v) is 16.4. The highest BCUT2D eigenvalue weighted by Crippen LogP contribution is 2.30. The number of aryl methyl sites for hydroxylation is 2. The maximum absolute atomic E-state index is 13.0. The molecule has 1 aromatic heterocycles. The van der Waals surface area contributed by atoms with Gasteiger partial charge in [-0.1, -0.05) is 0 Å². The van der Waals surface area contributed by atoms with Crippen molar-refractivity contribution in [2.45, 2.75) is 13.8 Å². The Bertz CT molecular complexity index is 1020. The molecule has 1 amide bonds. The molecule has 1 saturated heterocycles. The fourth-order valence-corrected chi connectivity index (χ4v) is 3.60. The smallest absolute Gasteiger partial charge is 0.259 e. The van der Waals surface area contributed by atoms with E-state index < -0.39 is 0 Å². The first kappa shape index (κ1) is 18.4. The zero-order chi connectivity index (χ0) is 19.7. The van der Waals surface area contributed by atoms with Crippen molar-refractivity contribution in [1.29, 1.82) is 0 Å². The van der Waals surface area contributed by atoms with Crippen LogP contribution in [0.4, 0.5) is 11.4 Å². The summed E-state index contributed by atoms with van der Waals surface area (Å²) in [5.41, 5.74) is 4.15. The Morgan fingerprint density at radius 3 is 2.61 bits per heavy atom. The fourth-order valence-electron chi connectivity index (χ4n) is 3.60. The summed E-state index contributed by atoms with van der Waals surface area (Å²) in [5.74, 6) is 1.09. The van der Waals surface area contributed by atoms with Gasteiger partial charge in [0.05, 0.1) is 25.9 Å². The first-order valence-electron chi connectivity index (χ1n) is 9.38. The molecule has 1 aliphatic rings. The van der Waals surface area contributed by atoms with Gasteiger partial charge in [-0.05, 0) is 55.8 Å². The van der Waals surface area contributed by atoms with E-state index in [9.17, 15) is 4.79 Å². The summed E-state index contributed by atoms with van der Waals surface area (Å²) in [6.07, 6.45) is 0. The first-order chi connectivity index (χ1) is 13.6. The largest absolute Gasteiger partial charge is 0.497 e. The molecule has 1 N–H and O–H groups in total. The number of morpholine rings is 1. The van der Waals surface area contributed by atoms with Crippen molar-refractivity contribution >= 4 is 28.3 Å². The van der Waals surface area contributed by atoms with Crippen molar-refractivity contribution in [3.8, 4) is 5.75 Å². The molecule has 6 heteroatoms. The summed E-state index contributed by atoms with van der Waals surface area (Å²) in [6, 6.07) is 11.6. The maximum atomic E-state index is 13.0. The van der Waals surface area contributed by atoms with Crippen LogP contribution in [0.5, 0.6) is 5.75 Å². The Balaban J connectivity index is 1.60. The maximum Gasteiger partial charge on any atom is 0.259 e. The Hall–Kier alpha value is -2.99. The molecule has 2 heterocycles. The van der Waals surface area contributed by atoms with E-state index in [0.717, 1.165) is 48.6 Å². The number of benzene rings is 2. The lowest BCUT2D eigenvalue weighted by Crippen LogP contribution is -2.36. The lowest BCUT2D eigenvalue weighted by molar-refractivity contribution is 0.102. The van der Waals surface area contributed by atoms with E-state index in [4.69, 9.17) is 13.9 Å². The molecule has 0 bridgehead atoms. The van der Waals surface area contributed by atoms with E-state index in [0.29, 0.717) is 22.7 Å². The van der Waals surface area contributed by atoms with Crippen molar-refractivity contribution in [3.63, 3.8) is 0 Å². The van der Waals surface area contributed by atoms with Gasteiger partial charge in [-0.25, -0.2) is 0 Å². The van der Waals surface area contributed by atoms with E-state index in [1.54, 1.807) is 14.0 Å². The highest BCUT2D eigenvalue weighted by Gasteiger charge is 2.20. The van der Waals surface area contributed by atoms with Crippen LogP contribution in [0.2, 0.25) is 0 Å². The molecule has 28 heavy (non-hydrogen) atoms. The molecule has 0 saturated carbocycles. The molecule has 0 spiro atoms. The number of rotatable bonds is 4. The third-order valence-electron chi connectivity index (χ3n) is 5.13. The first-order valence-corrected chi connectivity index (χ1v) is 9.38. The summed E-state index contributed by atoms with van der Waals surface area (Å²) in [4.78, 5) is 15.3. The van der Waals surface area contributed by atoms with Crippen molar-refractivity contribution < 1.29 is 18.7 Å². The van der Waals surface area contributed by atoms with Gasteiger partial charge in [0.1, 0.15) is 17.1 Å². The van der Waals surface area contributed by atoms with Crippen LogP contribution in [0.3, 0.4) is 0 Å². The van der Waals surface area contributed by atoms with E-state index in [1.807, 2.05) is 37.3 Å². The van der Waals surface area contributed by atoms with E-state index in [2.05, 4.69) is 16.3 Å². The number of carbonyl (C=O) groups is 1. The number of hydrogen-bond acceptors (Lipinski definition) is 5. The molecule has 6 nitrogen and oxygen atoms in total. The van der Waals surface area contributed by atoms with Crippen LogP contribution in [-0.2, 0) is 4.74 Å². The SMILES string of the molecule is COc1ccc2oc(C)c(C(=O)Nc3ccc(N4CCOCC4)cc3C)c2c1. The number of hydrogen-bond donors (Lipinski definition) is 1. The normalized spacial score (nSPS) is 14.3. The molecule has 146 valence electrons. The van der Waals surface area contributed by atoms with Gasteiger partial charge < -0.3 is 24.1 Å². The molecule has 1 aliphatic heterocycles. The second-order valence-electron chi connectivity index (χ2n) is 6.95. The Labute approximate surface area is 164 Å². The lowest BCUT2D eigenvalue weighted by Gasteiger charge is -2.29. The summed E-state index contributed by atoms with van der Waals surface area (Å²) in [7, 11) is 1.60. The monoisotopic (exact) mass is 380 g/mol. The molecule has 2 aromatic carbocycles. The average Bonchev–Trinajstić information content (AvgIpc) is 3.05.